The van der Waals surface area contributed by atoms with E-state index in [4.69, 9.17) is 0 Å². The Kier molecular flexibility index (Phi) is 2.44. The van der Waals surface area contributed by atoms with E-state index < -0.39 is 0 Å². The highest BCUT2D eigenvalue weighted by atomic mass is 15.0. The number of fused-ring (bicyclic) bond motifs is 1. The van der Waals surface area contributed by atoms with Crippen LogP contribution in [-0.4, -0.2) is 4.98 Å². The van der Waals surface area contributed by atoms with Crippen LogP contribution in [0.2, 0.25) is 0 Å². The fourth-order valence-electron chi connectivity index (χ4n) is 2.41. The molecule has 0 spiro atoms. The number of allylic oxidation sites excluding steroid dienone is 1. The van der Waals surface area contributed by atoms with E-state index in [-0.39, 0.29) is 5.41 Å². The van der Waals surface area contributed by atoms with Crippen molar-refractivity contribution in [2.75, 3.05) is 5.32 Å². The van der Waals surface area contributed by atoms with Crippen molar-refractivity contribution in [2.24, 2.45) is 0 Å². The fourth-order valence-corrected chi connectivity index (χ4v) is 2.41. The first-order valence-corrected chi connectivity index (χ1v) is 6.18. The maximum absolute atomic E-state index is 4.35. The van der Waals surface area contributed by atoms with Gasteiger partial charge in [-0.2, -0.15) is 0 Å². The van der Waals surface area contributed by atoms with Gasteiger partial charge in [0, 0.05) is 23.0 Å². The molecule has 0 atom stereocenters. The zero-order chi connectivity index (χ0) is 12.6. The quantitative estimate of drug-likeness (QED) is 0.814. The third-order valence-corrected chi connectivity index (χ3v) is 3.52. The predicted octanol–water partition coefficient (Wildman–Crippen LogP) is 3.83. The number of hydrogen-bond acceptors (Lipinski definition) is 2. The maximum atomic E-state index is 4.35. The van der Waals surface area contributed by atoms with Gasteiger partial charge in [0.05, 0.1) is 5.69 Å². The van der Waals surface area contributed by atoms with Gasteiger partial charge in [0.2, 0.25) is 0 Å². The molecule has 2 heteroatoms. The summed E-state index contributed by atoms with van der Waals surface area (Å²) in [6.45, 7) is 4.47. The SMILES string of the molecule is CC1(C)/C(=C/c2ccccn2)Nc2ccccc21. The molecule has 1 aromatic carbocycles. The summed E-state index contributed by atoms with van der Waals surface area (Å²) in [5.74, 6) is 0. The van der Waals surface area contributed by atoms with E-state index in [1.165, 1.54) is 16.9 Å². The molecule has 2 aromatic rings. The van der Waals surface area contributed by atoms with Crippen molar-refractivity contribution in [1.29, 1.82) is 0 Å². The summed E-state index contributed by atoms with van der Waals surface area (Å²) in [4.78, 5) is 4.35. The summed E-state index contributed by atoms with van der Waals surface area (Å²) in [5.41, 5.74) is 4.73. The molecule has 90 valence electrons. The Morgan fingerprint density at radius 1 is 1.06 bits per heavy atom. The van der Waals surface area contributed by atoms with E-state index in [9.17, 15) is 0 Å². The largest absolute Gasteiger partial charge is 0.358 e. The van der Waals surface area contributed by atoms with Gasteiger partial charge in [0.1, 0.15) is 0 Å². The van der Waals surface area contributed by atoms with E-state index in [1.807, 2.05) is 24.4 Å². The number of rotatable bonds is 1. The molecule has 18 heavy (non-hydrogen) atoms. The first-order valence-electron chi connectivity index (χ1n) is 6.18. The van der Waals surface area contributed by atoms with Gasteiger partial charge in [-0.15, -0.1) is 0 Å². The lowest BCUT2D eigenvalue weighted by atomic mass is 9.83. The Balaban J connectivity index is 2.05. The molecule has 1 aliphatic rings. The number of benzene rings is 1. The van der Waals surface area contributed by atoms with Crippen molar-refractivity contribution >= 4 is 11.8 Å². The topological polar surface area (TPSA) is 24.9 Å². The number of anilines is 1. The molecule has 0 unspecified atom stereocenters. The molecule has 0 fully saturated rings. The van der Waals surface area contributed by atoms with Crippen LogP contribution in [0.5, 0.6) is 0 Å². The zero-order valence-electron chi connectivity index (χ0n) is 10.6. The lowest BCUT2D eigenvalue weighted by Gasteiger charge is -2.20. The molecule has 1 aromatic heterocycles. The maximum Gasteiger partial charge on any atom is 0.0647 e. The summed E-state index contributed by atoms with van der Waals surface area (Å²) in [7, 11) is 0. The van der Waals surface area contributed by atoms with Crippen LogP contribution in [0.15, 0.2) is 54.4 Å². The molecule has 0 radical (unpaired) electrons. The predicted molar refractivity (Wildman–Crippen MR) is 75.3 cm³/mol. The molecule has 0 amide bonds. The van der Waals surface area contributed by atoms with Crippen LogP contribution in [0.1, 0.15) is 25.1 Å². The number of pyridine rings is 1. The van der Waals surface area contributed by atoms with Gasteiger partial charge < -0.3 is 5.32 Å². The summed E-state index contributed by atoms with van der Waals surface area (Å²) < 4.78 is 0. The summed E-state index contributed by atoms with van der Waals surface area (Å²) >= 11 is 0. The molecule has 0 saturated heterocycles. The Morgan fingerprint density at radius 2 is 1.83 bits per heavy atom. The van der Waals surface area contributed by atoms with Crippen LogP contribution in [0.3, 0.4) is 0 Å². The monoisotopic (exact) mass is 236 g/mol. The van der Waals surface area contributed by atoms with Gasteiger partial charge in [-0.25, -0.2) is 0 Å². The van der Waals surface area contributed by atoms with E-state index >= 15 is 0 Å². The summed E-state index contributed by atoms with van der Waals surface area (Å²) in [6.07, 6.45) is 3.95. The first kappa shape index (κ1) is 11.0. The molecule has 0 bridgehead atoms. The van der Waals surface area contributed by atoms with Crippen LogP contribution < -0.4 is 5.32 Å². The van der Waals surface area contributed by atoms with Gasteiger partial charge in [0.25, 0.3) is 0 Å². The van der Waals surface area contributed by atoms with Crippen molar-refractivity contribution < 1.29 is 0 Å². The second-order valence-electron chi connectivity index (χ2n) is 5.11. The van der Waals surface area contributed by atoms with Crippen molar-refractivity contribution in [2.45, 2.75) is 19.3 Å². The van der Waals surface area contributed by atoms with E-state index in [0.29, 0.717) is 0 Å². The normalized spacial score (nSPS) is 18.4. The second kappa shape index (κ2) is 3.98. The first-order chi connectivity index (χ1) is 8.68. The molecule has 2 heterocycles. The van der Waals surface area contributed by atoms with Gasteiger partial charge >= 0.3 is 0 Å². The number of nitrogens with one attached hydrogen (secondary N) is 1. The highest BCUT2D eigenvalue weighted by Crippen LogP contribution is 2.43. The van der Waals surface area contributed by atoms with Crippen molar-refractivity contribution in [3.05, 3.63) is 65.6 Å². The number of nitrogens with zero attached hydrogens (tertiary/aromatic N) is 1. The minimum atomic E-state index is 0.00805. The second-order valence-corrected chi connectivity index (χ2v) is 5.11. The lowest BCUT2D eigenvalue weighted by Crippen LogP contribution is -2.17. The molecular formula is C16H16N2. The fraction of sp³-hybridized carbons (Fsp3) is 0.188. The van der Waals surface area contributed by atoms with Gasteiger partial charge in [-0.1, -0.05) is 38.1 Å². The summed E-state index contributed by atoms with van der Waals surface area (Å²) in [5, 5.41) is 3.49. The van der Waals surface area contributed by atoms with Gasteiger partial charge in [0.15, 0.2) is 0 Å². The average Bonchev–Trinajstić information content (AvgIpc) is 2.63. The highest BCUT2D eigenvalue weighted by molar-refractivity contribution is 5.73. The number of para-hydroxylation sites is 1. The number of hydrogen-bond donors (Lipinski definition) is 1. The molecule has 1 N–H and O–H groups in total. The Bertz CT molecular complexity index is 598. The Morgan fingerprint density at radius 3 is 2.56 bits per heavy atom. The molecule has 3 rings (SSSR count). The van der Waals surface area contributed by atoms with E-state index in [0.717, 1.165) is 5.69 Å². The molecular weight excluding hydrogens is 220 g/mol. The van der Waals surface area contributed by atoms with E-state index in [1.54, 1.807) is 0 Å². The van der Waals surface area contributed by atoms with Gasteiger partial charge in [-0.05, 0) is 29.8 Å². The molecule has 2 nitrogen and oxygen atoms in total. The van der Waals surface area contributed by atoms with Crippen molar-refractivity contribution in [3.8, 4) is 0 Å². The standard InChI is InChI=1S/C16H16N2/c1-16(2)13-8-3-4-9-14(13)18-15(16)11-12-7-5-6-10-17-12/h3-11,18H,1-2H3/b15-11-. The number of aromatic nitrogens is 1. The summed E-state index contributed by atoms with van der Waals surface area (Å²) in [6, 6.07) is 14.4. The minimum absolute atomic E-state index is 0.00805. The Labute approximate surface area is 107 Å². The van der Waals surface area contributed by atoms with Crippen LogP contribution >= 0.6 is 0 Å². The smallest absolute Gasteiger partial charge is 0.0647 e. The molecule has 0 aliphatic carbocycles. The van der Waals surface area contributed by atoms with Crippen LogP contribution in [0.25, 0.3) is 6.08 Å². The third-order valence-electron chi connectivity index (χ3n) is 3.52. The van der Waals surface area contributed by atoms with Crippen molar-refractivity contribution in [3.63, 3.8) is 0 Å². The third kappa shape index (κ3) is 1.70. The highest BCUT2D eigenvalue weighted by Gasteiger charge is 2.34. The zero-order valence-corrected chi connectivity index (χ0v) is 10.6. The molecule has 0 saturated carbocycles. The minimum Gasteiger partial charge on any atom is -0.358 e. The van der Waals surface area contributed by atoms with Crippen LogP contribution in [0, 0.1) is 0 Å². The average molecular weight is 236 g/mol. The van der Waals surface area contributed by atoms with Gasteiger partial charge in [-0.3, -0.25) is 4.98 Å². The van der Waals surface area contributed by atoms with Crippen LogP contribution in [-0.2, 0) is 5.41 Å². The molecule has 1 aliphatic heterocycles. The van der Waals surface area contributed by atoms with E-state index in [2.05, 4.69) is 54.5 Å². The van der Waals surface area contributed by atoms with Crippen molar-refractivity contribution in [1.82, 2.24) is 4.98 Å². The Hall–Kier alpha value is -2.09. The lowest BCUT2D eigenvalue weighted by molar-refractivity contribution is 0.658. The van der Waals surface area contributed by atoms with Crippen LogP contribution in [0.4, 0.5) is 5.69 Å².